The average Bonchev–Trinajstić information content (AvgIpc) is 2.82. The topological polar surface area (TPSA) is 75.0 Å². The SMILES string of the molecule is COc1cc(C#N)ccc1OCCCC(=O)N(C)Cc1ccccc1N1CCOCC1. The molecule has 1 aliphatic heterocycles. The molecule has 1 saturated heterocycles. The van der Waals surface area contributed by atoms with Crippen molar-refractivity contribution in [3.8, 4) is 17.6 Å². The van der Waals surface area contributed by atoms with Crippen molar-refractivity contribution in [2.45, 2.75) is 19.4 Å². The van der Waals surface area contributed by atoms with E-state index in [4.69, 9.17) is 19.5 Å². The lowest BCUT2D eigenvalue weighted by Crippen LogP contribution is -2.37. The second-order valence-electron chi connectivity index (χ2n) is 7.41. The number of nitrogens with zero attached hydrogens (tertiary/aromatic N) is 3. The van der Waals surface area contributed by atoms with Crippen LogP contribution in [0.1, 0.15) is 24.0 Å². The Hall–Kier alpha value is -3.24. The summed E-state index contributed by atoms with van der Waals surface area (Å²) in [6.45, 7) is 4.15. The van der Waals surface area contributed by atoms with E-state index in [2.05, 4.69) is 23.1 Å². The molecule has 7 heteroatoms. The van der Waals surface area contributed by atoms with E-state index in [9.17, 15) is 4.79 Å². The summed E-state index contributed by atoms with van der Waals surface area (Å²) in [7, 11) is 3.37. The van der Waals surface area contributed by atoms with Crippen molar-refractivity contribution in [3.05, 3.63) is 53.6 Å². The van der Waals surface area contributed by atoms with Crippen molar-refractivity contribution < 1.29 is 19.0 Å². The van der Waals surface area contributed by atoms with E-state index in [1.807, 2.05) is 19.2 Å². The van der Waals surface area contributed by atoms with E-state index in [0.717, 1.165) is 31.9 Å². The van der Waals surface area contributed by atoms with E-state index < -0.39 is 0 Å². The van der Waals surface area contributed by atoms with Gasteiger partial charge in [0.2, 0.25) is 5.91 Å². The van der Waals surface area contributed by atoms with Gasteiger partial charge in [-0.15, -0.1) is 0 Å². The third-order valence-electron chi connectivity index (χ3n) is 5.26. The summed E-state index contributed by atoms with van der Waals surface area (Å²) in [6.07, 6.45) is 0.992. The van der Waals surface area contributed by atoms with E-state index in [1.165, 1.54) is 12.8 Å². The van der Waals surface area contributed by atoms with Gasteiger partial charge < -0.3 is 24.0 Å². The van der Waals surface area contributed by atoms with Crippen LogP contribution in [0.2, 0.25) is 0 Å². The number of anilines is 1. The van der Waals surface area contributed by atoms with Crippen LogP contribution in [0.15, 0.2) is 42.5 Å². The Labute approximate surface area is 183 Å². The maximum absolute atomic E-state index is 12.6. The zero-order valence-electron chi connectivity index (χ0n) is 18.2. The maximum atomic E-state index is 12.6. The first-order chi connectivity index (χ1) is 15.1. The van der Waals surface area contributed by atoms with Crippen LogP contribution in [-0.4, -0.2) is 57.9 Å². The average molecular weight is 424 g/mol. The molecule has 0 aromatic heterocycles. The van der Waals surface area contributed by atoms with Gasteiger partial charge >= 0.3 is 0 Å². The van der Waals surface area contributed by atoms with Crippen LogP contribution in [-0.2, 0) is 16.1 Å². The van der Waals surface area contributed by atoms with Crippen molar-refractivity contribution in [1.29, 1.82) is 5.26 Å². The molecule has 31 heavy (non-hydrogen) atoms. The molecular formula is C24H29N3O4. The van der Waals surface area contributed by atoms with Gasteiger partial charge in [0.1, 0.15) is 0 Å². The third kappa shape index (κ3) is 6.12. The molecule has 0 saturated carbocycles. The number of hydrogen-bond acceptors (Lipinski definition) is 6. The maximum Gasteiger partial charge on any atom is 0.222 e. The van der Waals surface area contributed by atoms with E-state index in [1.54, 1.807) is 23.1 Å². The number of rotatable bonds is 9. The van der Waals surface area contributed by atoms with Crippen molar-refractivity contribution in [1.82, 2.24) is 4.90 Å². The Morgan fingerprint density at radius 2 is 1.97 bits per heavy atom. The lowest BCUT2D eigenvalue weighted by molar-refractivity contribution is -0.130. The summed E-state index contributed by atoms with van der Waals surface area (Å²) in [5.74, 6) is 1.16. The minimum absolute atomic E-state index is 0.0761. The molecule has 2 aromatic rings. The van der Waals surface area contributed by atoms with Crippen molar-refractivity contribution in [3.63, 3.8) is 0 Å². The number of amides is 1. The first kappa shape index (κ1) is 22.4. The van der Waals surface area contributed by atoms with Crippen LogP contribution >= 0.6 is 0 Å². The second kappa shape index (κ2) is 11.2. The van der Waals surface area contributed by atoms with Crippen LogP contribution in [0.25, 0.3) is 0 Å². The van der Waals surface area contributed by atoms with Gasteiger partial charge in [-0.2, -0.15) is 5.26 Å². The summed E-state index contributed by atoms with van der Waals surface area (Å²) in [4.78, 5) is 16.7. The number of carbonyl (C=O) groups excluding carboxylic acids is 1. The normalized spacial score (nSPS) is 13.4. The molecule has 3 rings (SSSR count). The van der Waals surface area contributed by atoms with Crippen LogP contribution in [0.4, 0.5) is 5.69 Å². The molecule has 0 N–H and O–H groups in total. The van der Waals surface area contributed by atoms with Gasteiger partial charge in [0, 0.05) is 44.9 Å². The number of ether oxygens (including phenoxy) is 3. The van der Waals surface area contributed by atoms with Gasteiger partial charge in [-0.05, 0) is 30.2 Å². The first-order valence-corrected chi connectivity index (χ1v) is 10.5. The monoisotopic (exact) mass is 423 g/mol. The number of methoxy groups -OCH3 is 1. The molecule has 7 nitrogen and oxygen atoms in total. The fourth-order valence-corrected chi connectivity index (χ4v) is 3.55. The predicted octanol–water partition coefficient (Wildman–Crippen LogP) is 3.22. The third-order valence-corrected chi connectivity index (χ3v) is 5.26. The molecule has 0 radical (unpaired) electrons. The minimum Gasteiger partial charge on any atom is -0.493 e. The van der Waals surface area contributed by atoms with E-state index in [0.29, 0.717) is 43.1 Å². The van der Waals surface area contributed by atoms with Crippen LogP contribution in [0.3, 0.4) is 0 Å². The summed E-state index contributed by atoms with van der Waals surface area (Å²) in [5.41, 5.74) is 2.82. The molecule has 0 aliphatic carbocycles. The highest BCUT2D eigenvalue weighted by Gasteiger charge is 2.17. The second-order valence-corrected chi connectivity index (χ2v) is 7.41. The summed E-state index contributed by atoms with van der Waals surface area (Å²) < 4.78 is 16.5. The molecule has 0 bridgehead atoms. The van der Waals surface area contributed by atoms with Crippen molar-refractivity contribution in [2.24, 2.45) is 0 Å². The Kier molecular flexibility index (Phi) is 8.13. The molecule has 1 heterocycles. The number of benzene rings is 2. The van der Waals surface area contributed by atoms with Crippen molar-refractivity contribution >= 4 is 11.6 Å². The molecule has 0 atom stereocenters. The molecule has 164 valence electrons. The van der Waals surface area contributed by atoms with Gasteiger partial charge in [-0.25, -0.2) is 0 Å². The highest BCUT2D eigenvalue weighted by Crippen LogP contribution is 2.28. The fraction of sp³-hybridized carbons (Fsp3) is 0.417. The summed E-state index contributed by atoms with van der Waals surface area (Å²) >= 11 is 0. The zero-order chi connectivity index (χ0) is 22.1. The molecule has 1 fully saturated rings. The van der Waals surface area contributed by atoms with Crippen LogP contribution < -0.4 is 14.4 Å². The molecule has 1 amide bonds. The minimum atomic E-state index is 0.0761. The molecule has 2 aromatic carbocycles. The van der Waals surface area contributed by atoms with Gasteiger partial charge in [0.05, 0.1) is 38.6 Å². The Balaban J connectivity index is 1.49. The highest BCUT2D eigenvalue weighted by molar-refractivity contribution is 5.76. The lowest BCUT2D eigenvalue weighted by Gasteiger charge is -2.31. The zero-order valence-corrected chi connectivity index (χ0v) is 18.2. The number of para-hydroxylation sites is 1. The summed E-state index contributed by atoms with van der Waals surface area (Å²) in [5, 5.41) is 8.98. The van der Waals surface area contributed by atoms with E-state index >= 15 is 0 Å². The predicted molar refractivity (Wildman–Crippen MR) is 118 cm³/mol. The quantitative estimate of drug-likeness (QED) is 0.577. The van der Waals surface area contributed by atoms with Gasteiger partial charge in [-0.3, -0.25) is 4.79 Å². The Bertz CT molecular complexity index is 919. The van der Waals surface area contributed by atoms with Crippen LogP contribution in [0.5, 0.6) is 11.5 Å². The summed E-state index contributed by atoms with van der Waals surface area (Å²) in [6, 6.07) is 15.3. The highest BCUT2D eigenvalue weighted by atomic mass is 16.5. The number of carbonyl (C=O) groups is 1. The smallest absolute Gasteiger partial charge is 0.222 e. The van der Waals surface area contributed by atoms with Gasteiger partial charge in [-0.1, -0.05) is 18.2 Å². The standard InChI is InChI=1S/C24H29N3O4/c1-26(18-20-6-3-4-7-21(20)27-11-14-30-15-12-27)24(28)8-5-13-31-22-10-9-19(17-25)16-23(22)29-2/h3-4,6-7,9-10,16H,5,8,11-15,18H2,1-2H3. The molecule has 0 spiro atoms. The van der Waals surface area contributed by atoms with Gasteiger partial charge in [0.25, 0.3) is 0 Å². The van der Waals surface area contributed by atoms with Crippen molar-refractivity contribution in [2.75, 3.05) is 52.0 Å². The fourth-order valence-electron chi connectivity index (χ4n) is 3.55. The molecular weight excluding hydrogens is 394 g/mol. The van der Waals surface area contributed by atoms with Gasteiger partial charge in [0.15, 0.2) is 11.5 Å². The Morgan fingerprint density at radius 3 is 2.71 bits per heavy atom. The van der Waals surface area contributed by atoms with E-state index in [-0.39, 0.29) is 5.91 Å². The largest absolute Gasteiger partial charge is 0.493 e. The molecule has 1 aliphatic rings. The number of morpholine rings is 1. The lowest BCUT2D eigenvalue weighted by atomic mass is 10.1. The Morgan fingerprint density at radius 1 is 1.19 bits per heavy atom. The first-order valence-electron chi connectivity index (χ1n) is 10.5. The number of hydrogen-bond donors (Lipinski definition) is 0. The van der Waals surface area contributed by atoms with Crippen LogP contribution in [0, 0.1) is 11.3 Å². The number of nitriles is 1. The molecule has 0 unspecified atom stereocenters.